The lowest BCUT2D eigenvalue weighted by Crippen LogP contribution is -2.11. The molecule has 0 saturated heterocycles. The number of aromatic nitrogens is 4. The van der Waals surface area contributed by atoms with Crippen LogP contribution in [0.2, 0.25) is 0 Å². The Hall–Kier alpha value is -1.87. The SMILES string of the molecule is CSc1nc(NN)cc(NCc2ncon2)n1. The van der Waals surface area contributed by atoms with E-state index in [1.807, 2.05) is 6.26 Å². The molecule has 9 heteroatoms. The van der Waals surface area contributed by atoms with Crippen LogP contribution in [0, 0.1) is 0 Å². The minimum absolute atomic E-state index is 0.422. The molecule has 2 rings (SSSR count). The van der Waals surface area contributed by atoms with Gasteiger partial charge in [0.15, 0.2) is 11.0 Å². The Labute approximate surface area is 101 Å². The van der Waals surface area contributed by atoms with E-state index in [0.29, 0.717) is 29.2 Å². The molecule has 0 radical (unpaired) electrons. The molecule has 0 atom stereocenters. The summed E-state index contributed by atoms with van der Waals surface area (Å²) >= 11 is 1.43. The van der Waals surface area contributed by atoms with E-state index in [0.717, 1.165) is 0 Å². The van der Waals surface area contributed by atoms with Crippen LogP contribution in [0.3, 0.4) is 0 Å². The van der Waals surface area contributed by atoms with Gasteiger partial charge >= 0.3 is 0 Å². The molecular weight excluding hydrogens is 242 g/mol. The van der Waals surface area contributed by atoms with Gasteiger partial charge in [-0.05, 0) is 6.26 Å². The van der Waals surface area contributed by atoms with Crippen molar-refractivity contribution in [3.8, 4) is 0 Å². The maximum atomic E-state index is 5.32. The Kier molecular flexibility index (Phi) is 3.73. The van der Waals surface area contributed by atoms with Crippen molar-refractivity contribution in [3.63, 3.8) is 0 Å². The highest BCUT2D eigenvalue weighted by Crippen LogP contribution is 2.16. The Morgan fingerprint density at radius 1 is 1.41 bits per heavy atom. The van der Waals surface area contributed by atoms with Gasteiger partial charge in [0, 0.05) is 6.07 Å². The fourth-order valence-corrected chi connectivity index (χ4v) is 1.50. The van der Waals surface area contributed by atoms with Crippen molar-refractivity contribution in [2.24, 2.45) is 5.84 Å². The first-order chi connectivity index (χ1) is 8.31. The van der Waals surface area contributed by atoms with E-state index in [9.17, 15) is 0 Å². The zero-order valence-electron chi connectivity index (χ0n) is 9.04. The second-order valence-corrected chi connectivity index (χ2v) is 3.74. The number of nitrogens with one attached hydrogen (secondary N) is 2. The van der Waals surface area contributed by atoms with Gasteiger partial charge in [0.2, 0.25) is 6.39 Å². The quantitative estimate of drug-likeness (QED) is 0.303. The standard InChI is InChI=1S/C8H11N7OS/c1-17-8-12-5(2-6(13-8)14-9)10-3-7-11-4-16-15-7/h2,4H,3,9H2,1H3,(H2,10,12,13,14). The highest BCUT2D eigenvalue weighted by Gasteiger charge is 2.04. The van der Waals surface area contributed by atoms with Crippen molar-refractivity contribution >= 4 is 23.4 Å². The molecule has 0 aliphatic heterocycles. The normalized spacial score (nSPS) is 10.2. The summed E-state index contributed by atoms with van der Waals surface area (Å²) in [5, 5.41) is 7.35. The minimum atomic E-state index is 0.422. The Bertz CT molecular complexity index is 452. The van der Waals surface area contributed by atoms with Crippen LogP contribution in [0.1, 0.15) is 5.82 Å². The third-order valence-electron chi connectivity index (χ3n) is 1.87. The Balaban J connectivity index is 2.09. The van der Waals surface area contributed by atoms with Gasteiger partial charge in [-0.15, -0.1) is 0 Å². The maximum absolute atomic E-state index is 5.32. The predicted octanol–water partition coefficient (Wildman–Crippen LogP) is 0.479. The molecular formula is C8H11N7OS. The number of hydrazine groups is 1. The Morgan fingerprint density at radius 2 is 2.24 bits per heavy atom. The molecule has 4 N–H and O–H groups in total. The first kappa shape index (κ1) is 11.6. The monoisotopic (exact) mass is 253 g/mol. The molecule has 0 unspecified atom stereocenters. The zero-order valence-corrected chi connectivity index (χ0v) is 9.86. The van der Waals surface area contributed by atoms with Crippen LogP contribution in [-0.4, -0.2) is 26.4 Å². The second kappa shape index (κ2) is 5.46. The molecule has 0 aliphatic rings. The van der Waals surface area contributed by atoms with Crippen molar-refractivity contribution in [2.75, 3.05) is 17.0 Å². The molecule has 90 valence electrons. The molecule has 17 heavy (non-hydrogen) atoms. The van der Waals surface area contributed by atoms with Crippen LogP contribution >= 0.6 is 11.8 Å². The van der Waals surface area contributed by atoms with Gasteiger partial charge in [-0.2, -0.15) is 4.98 Å². The average Bonchev–Trinajstić information content (AvgIpc) is 2.89. The van der Waals surface area contributed by atoms with Crippen molar-refractivity contribution in [1.29, 1.82) is 0 Å². The fraction of sp³-hybridized carbons (Fsp3) is 0.250. The molecule has 2 aromatic rings. The van der Waals surface area contributed by atoms with E-state index >= 15 is 0 Å². The highest BCUT2D eigenvalue weighted by atomic mass is 32.2. The van der Waals surface area contributed by atoms with Crippen LogP contribution in [-0.2, 0) is 6.54 Å². The van der Waals surface area contributed by atoms with E-state index < -0.39 is 0 Å². The summed E-state index contributed by atoms with van der Waals surface area (Å²) in [6.07, 6.45) is 3.16. The lowest BCUT2D eigenvalue weighted by Gasteiger charge is -2.06. The molecule has 0 amide bonds. The van der Waals surface area contributed by atoms with E-state index in [-0.39, 0.29) is 0 Å². The zero-order chi connectivity index (χ0) is 12.1. The third-order valence-corrected chi connectivity index (χ3v) is 2.42. The van der Waals surface area contributed by atoms with Crippen molar-refractivity contribution in [3.05, 3.63) is 18.3 Å². The van der Waals surface area contributed by atoms with Crippen LogP contribution in [0.4, 0.5) is 11.6 Å². The lowest BCUT2D eigenvalue weighted by atomic mass is 10.5. The molecule has 0 aliphatic carbocycles. The Morgan fingerprint density at radius 3 is 2.88 bits per heavy atom. The fourth-order valence-electron chi connectivity index (χ4n) is 1.12. The molecule has 0 fully saturated rings. The first-order valence-corrected chi connectivity index (χ1v) is 5.93. The van der Waals surface area contributed by atoms with Gasteiger partial charge < -0.3 is 15.3 Å². The van der Waals surface area contributed by atoms with E-state index in [1.54, 1.807) is 6.07 Å². The van der Waals surface area contributed by atoms with Gasteiger partial charge in [0.25, 0.3) is 0 Å². The highest BCUT2D eigenvalue weighted by molar-refractivity contribution is 7.98. The first-order valence-electron chi connectivity index (χ1n) is 4.70. The number of hydrogen-bond acceptors (Lipinski definition) is 9. The van der Waals surface area contributed by atoms with Gasteiger partial charge in [0.05, 0.1) is 6.54 Å². The summed E-state index contributed by atoms with van der Waals surface area (Å²) in [4.78, 5) is 12.3. The van der Waals surface area contributed by atoms with Crippen LogP contribution in [0.5, 0.6) is 0 Å². The smallest absolute Gasteiger partial charge is 0.213 e. The molecule has 2 aromatic heterocycles. The van der Waals surface area contributed by atoms with Crippen molar-refractivity contribution in [1.82, 2.24) is 20.1 Å². The predicted molar refractivity (Wildman–Crippen MR) is 63.2 cm³/mol. The third kappa shape index (κ3) is 3.04. The summed E-state index contributed by atoms with van der Waals surface area (Å²) in [6.45, 7) is 0.422. The molecule has 0 spiro atoms. The van der Waals surface area contributed by atoms with E-state index in [1.165, 1.54) is 18.2 Å². The average molecular weight is 253 g/mol. The topological polar surface area (TPSA) is 115 Å². The molecule has 0 saturated carbocycles. The lowest BCUT2D eigenvalue weighted by molar-refractivity contribution is 0.411. The van der Waals surface area contributed by atoms with Crippen LogP contribution < -0.4 is 16.6 Å². The van der Waals surface area contributed by atoms with Gasteiger partial charge in [-0.3, -0.25) is 0 Å². The van der Waals surface area contributed by atoms with E-state index in [4.69, 9.17) is 5.84 Å². The molecule has 0 bridgehead atoms. The number of rotatable bonds is 5. The summed E-state index contributed by atoms with van der Waals surface area (Å²) in [7, 11) is 0. The number of hydrogen-bond donors (Lipinski definition) is 3. The summed E-state index contributed by atoms with van der Waals surface area (Å²) in [5.41, 5.74) is 2.48. The van der Waals surface area contributed by atoms with Crippen molar-refractivity contribution < 1.29 is 4.52 Å². The summed E-state index contributed by atoms with van der Waals surface area (Å²) in [5.74, 6) is 7.05. The van der Waals surface area contributed by atoms with Crippen LogP contribution in [0.25, 0.3) is 0 Å². The van der Waals surface area contributed by atoms with Crippen LogP contribution in [0.15, 0.2) is 22.1 Å². The molecule has 2 heterocycles. The van der Waals surface area contributed by atoms with Crippen molar-refractivity contribution in [2.45, 2.75) is 11.7 Å². The van der Waals surface area contributed by atoms with Gasteiger partial charge in [0.1, 0.15) is 11.6 Å². The van der Waals surface area contributed by atoms with Gasteiger partial charge in [-0.25, -0.2) is 15.8 Å². The number of thioether (sulfide) groups is 1. The second-order valence-electron chi connectivity index (χ2n) is 2.97. The maximum Gasteiger partial charge on any atom is 0.213 e. The number of anilines is 2. The number of nitrogens with zero attached hydrogens (tertiary/aromatic N) is 4. The summed E-state index contributed by atoms with van der Waals surface area (Å²) < 4.78 is 4.62. The largest absolute Gasteiger partial charge is 0.362 e. The minimum Gasteiger partial charge on any atom is -0.362 e. The number of nitrogens with two attached hydrogens (primary N) is 1. The summed E-state index contributed by atoms with van der Waals surface area (Å²) in [6, 6.07) is 1.69. The van der Waals surface area contributed by atoms with E-state index in [2.05, 4.69) is 35.4 Å². The molecule has 8 nitrogen and oxygen atoms in total. The number of nitrogen functional groups attached to an aromatic ring is 1. The molecule has 0 aromatic carbocycles. The van der Waals surface area contributed by atoms with Gasteiger partial charge in [-0.1, -0.05) is 16.9 Å².